The zero-order valence-electron chi connectivity index (χ0n) is 10.3. The monoisotopic (exact) mass is 303 g/mol. The Kier molecular flexibility index (Phi) is 4.96. The fourth-order valence-corrected chi connectivity index (χ4v) is 2.23. The van der Waals surface area contributed by atoms with Crippen molar-refractivity contribution in [3.05, 3.63) is 30.3 Å². The standard InChI is InChI=1S/C11H12F3N5S/c12-11(13,14)8-15-6-7-20-10-16-17-18-19(10)9-4-2-1-3-5-9/h1-5,15H,6-8H2. The number of rotatable bonds is 6. The molecule has 1 heterocycles. The average Bonchev–Trinajstić information content (AvgIpc) is 2.86. The summed E-state index contributed by atoms with van der Waals surface area (Å²) in [4.78, 5) is 0. The van der Waals surface area contributed by atoms with Crippen molar-refractivity contribution < 1.29 is 13.2 Å². The van der Waals surface area contributed by atoms with Crippen LogP contribution in [-0.4, -0.2) is 45.2 Å². The zero-order chi connectivity index (χ0) is 14.4. The van der Waals surface area contributed by atoms with Crippen molar-refractivity contribution in [2.75, 3.05) is 18.8 Å². The number of alkyl halides is 3. The van der Waals surface area contributed by atoms with Gasteiger partial charge in [-0.3, -0.25) is 0 Å². The number of nitrogens with one attached hydrogen (secondary N) is 1. The molecule has 0 bridgehead atoms. The molecule has 0 amide bonds. The van der Waals surface area contributed by atoms with E-state index in [-0.39, 0.29) is 6.54 Å². The van der Waals surface area contributed by atoms with Gasteiger partial charge in [-0.2, -0.15) is 17.9 Å². The Morgan fingerprint density at radius 3 is 2.65 bits per heavy atom. The van der Waals surface area contributed by atoms with Gasteiger partial charge in [0.15, 0.2) is 0 Å². The van der Waals surface area contributed by atoms with Crippen molar-refractivity contribution in [3.8, 4) is 5.69 Å². The van der Waals surface area contributed by atoms with Crippen LogP contribution in [0.25, 0.3) is 5.69 Å². The predicted molar refractivity (Wildman–Crippen MR) is 68.8 cm³/mol. The van der Waals surface area contributed by atoms with E-state index < -0.39 is 12.7 Å². The number of benzene rings is 1. The lowest BCUT2D eigenvalue weighted by atomic mass is 10.3. The van der Waals surface area contributed by atoms with E-state index in [4.69, 9.17) is 0 Å². The minimum atomic E-state index is -4.18. The fourth-order valence-electron chi connectivity index (χ4n) is 1.44. The van der Waals surface area contributed by atoms with Crippen LogP contribution in [0.3, 0.4) is 0 Å². The number of nitrogens with zero attached hydrogens (tertiary/aromatic N) is 4. The first-order valence-electron chi connectivity index (χ1n) is 5.80. The Morgan fingerprint density at radius 1 is 1.20 bits per heavy atom. The van der Waals surface area contributed by atoms with E-state index in [0.717, 1.165) is 5.69 Å². The van der Waals surface area contributed by atoms with E-state index in [9.17, 15) is 13.2 Å². The van der Waals surface area contributed by atoms with Crippen LogP contribution in [0.2, 0.25) is 0 Å². The number of hydrogen-bond donors (Lipinski definition) is 1. The highest BCUT2D eigenvalue weighted by molar-refractivity contribution is 7.99. The van der Waals surface area contributed by atoms with E-state index in [2.05, 4.69) is 20.8 Å². The van der Waals surface area contributed by atoms with Crippen molar-refractivity contribution >= 4 is 11.8 Å². The number of tetrazole rings is 1. The van der Waals surface area contributed by atoms with Gasteiger partial charge in [-0.05, 0) is 22.6 Å². The molecule has 0 spiro atoms. The molecule has 0 aliphatic heterocycles. The summed E-state index contributed by atoms with van der Waals surface area (Å²) in [5.74, 6) is 0.448. The van der Waals surface area contributed by atoms with Gasteiger partial charge < -0.3 is 5.32 Å². The fraction of sp³-hybridized carbons (Fsp3) is 0.364. The molecule has 1 aromatic heterocycles. The molecule has 1 aromatic carbocycles. The van der Waals surface area contributed by atoms with Gasteiger partial charge in [-0.1, -0.05) is 30.0 Å². The lowest BCUT2D eigenvalue weighted by Gasteiger charge is -2.07. The highest BCUT2D eigenvalue weighted by atomic mass is 32.2. The molecule has 0 fully saturated rings. The second-order valence-corrected chi connectivity index (χ2v) is 4.91. The zero-order valence-corrected chi connectivity index (χ0v) is 11.2. The SMILES string of the molecule is FC(F)(F)CNCCSc1nnnn1-c1ccccc1. The number of thioether (sulfide) groups is 1. The molecule has 0 unspecified atom stereocenters. The third-order valence-electron chi connectivity index (χ3n) is 2.28. The summed E-state index contributed by atoms with van der Waals surface area (Å²) in [6, 6.07) is 9.29. The van der Waals surface area contributed by atoms with Crippen LogP contribution in [0.5, 0.6) is 0 Å². The first-order chi connectivity index (χ1) is 9.56. The largest absolute Gasteiger partial charge is 0.401 e. The van der Waals surface area contributed by atoms with Crippen LogP contribution in [0.1, 0.15) is 0 Å². The minimum absolute atomic E-state index is 0.228. The topological polar surface area (TPSA) is 55.6 Å². The molecule has 5 nitrogen and oxygen atoms in total. The number of halogens is 3. The van der Waals surface area contributed by atoms with Crippen molar-refractivity contribution in [3.63, 3.8) is 0 Å². The van der Waals surface area contributed by atoms with E-state index in [1.165, 1.54) is 11.8 Å². The van der Waals surface area contributed by atoms with E-state index in [0.29, 0.717) is 10.9 Å². The van der Waals surface area contributed by atoms with Crippen LogP contribution in [0.15, 0.2) is 35.5 Å². The van der Waals surface area contributed by atoms with Crippen LogP contribution in [0.4, 0.5) is 13.2 Å². The highest BCUT2D eigenvalue weighted by Crippen LogP contribution is 2.17. The predicted octanol–water partition coefficient (Wildman–Crippen LogP) is 1.91. The Bertz CT molecular complexity index is 528. The van der Waals surface area contributed by atoms with Gasteiger partial charge >= 0.3 is 6.18 Å². The van der Waals surface area contributed by atoms with Crippen LogP contribution < -0.4 is 5.32 Å². The maximum absolute atomic E-state index is 11.9. The van der Waals surface area contributed by atoms with Gasteiger partial charge in [0, 0.05) is 12.3 Å². The molecule has 0 saturated heterocycles. The van der Waals surface area contributed by atoms with Crippen molar-refractivity contribution in [2.24, 2.45) is 0 Å². The molecule has 2 rings (SSSR count). The lowest BCUT2D eigenvalue weighted by Crippen LogP contribution is -2.30. The van der Waals surface area contributed by atoms with Gasteiger partial charge in [0.1, 0.15) is 0 Å². The van der Waals surface area contributed by atoms with Crippen molar-refractivity contribution in [2.45, 2.75) is 11.3 Å². The van der Waals surface area contributed by atoms with Gasteiger partial charge in [0.05, 0.1) is 12.2 Å². The molecule has 20 heavy (non-hydrogen) atoms. The first kappa shape index (κ1) is 14.8. The summed E-state index contributed by atoms with van der Waals surface area (Å²) in [6.07, 6.45) is -4.18. The van der Waals surface area contributed by atoms with E-state index in [1.807, 2.05) is 30.3 Å². The molecule has 9 heteroatoms. The van der Waals surface area contributed by atoms with E-state index >= 15 is 0 Å². The first-order valence-corrected chi connectivity index (χ1v) is 6.79. The smallest absolute Gasteiger partial charge is 0.308 e. The van der Waals surface area contributed by atoms with Gasteiger partial charge in [0.2, 0.25) is 5.16 Å². The molecule has 0 atom stereocenters. The minimum Gasteiger partial charge on any atom is -0.308 e. The maximum atomic E-state index is 11.9. The third-order valence-corrected chi connectivity index (χ3v) is 3.20. The van der Waals surface area contributed by atoms with Crippen LogP contribution in [0, 0.1) is 0 Å². The number of hydrogen-bond acceptors (Lipinski definition) is 5. The summed E-state index contributed by atoms with van der Waals surface area (Å²) >= 11 is 1.30. The second kappa shape index (κ2) is 6.71. The summed E-state index contributed by atoms with van der Waals surface area (Å²) in [5, 5.41) is 14.2. The molecule has 108 valence electrons. The molecule has 0 aliphatic carbocycles. The molecular formula is C11H12F3N5S. The van der Waals surface area contributed by atoms with Crippen molar-refractivity contribution in [1.29, 1.82) is 0 Å². The van der Waals surface area contributed by atoms with Gasteiger partial charge in [-0.25, -0.2) is 0 Å². The molecule has 1 N–H and O–H groups in total. The summed E-state index contributed by atoms with van der Waals surface area (Å²) < 4.78 is 37.4. The summed E-state index contributed by atoms with van der Waals surface area (Å²) in [5.41, 5.74) is 0.809. The van der Waals surface area contributed by atoms with Crippen LogP contribution in [-0.2, 0) is 0 Å². The number of para-hydroxylation sites is 1. The summed E-state index contributed by atoms with van der Waals surface area (Å²) in [7, 11) is 0. The Morgan fingerprint density at radius 2 is 1.95 bits per heavy atom. The average molecular weight is 303 g/mol. The van der Waals surface area contributed by atoms with E-state index in [1.54, 1.807) is 4.68 Å². The lowest BCUT2D eigenvalue weighted by molar-refractivity contribution is -0.124. The Balaban J connectivity index is 1.84. The quantitative estimate of drug-likeness (QED) is 0.652. The molecular weight excluding hydrogens is 291 g/mol. The Hall–Kier alpha value is -1.61. The van der Waals surface area contributed by atoms with Crippen molar-refractivity contribution in [1.82, 2.24) is 25.5 Å². The maximum Gasteiger partial charge on any atom is 0.401 e. The molecule has 2 aromatic rings. The normalized spacial score (nSPS) is 11.8. The Labute approximate surface area is 117 Å². The summed E-state index contributed by atoms with van der Waals surface area (Å²) in [6.45, 7) is -0.761. The molecule has 0 radical (unpaired) electrons. The number of aromatic nitrogens is 4. The van der Waals surface area contributed by atoms with Gasteiger partial charge in [0.25, 0.3) is 0 Å². The molecule has 0 saturated carbocycles. The third kappa shape index (κ3) is 4.49. The molecule has 0 aliphatic rings. The van der Waals surface area contributed by atoms with Crippen LogP contribution >= 0.6 is 11.8 Å². The van der Waals surface area contributed by atoms with Gasteiger partial charge in [-0.15, -0.1) is 5.10 Å². The second-order valence-electron chi connectivity index (χ2n) is 3.85. The highest BCUT2D eigenvalue weighted by Gasteiger charge is 2.25.